The highest BCUT2D eigenvalue weighted by molar-refractivity contribution is 7.17. The van der Waals surface area contributed by atoms with E-state index in [1.165, 1.54) is 11.3 Å². The molecular formula is C15H13NO3S. The first-order valence-electron chi connectivity index (χ1n) is 6.40. The molecule has 0 bridgehead atoms. The quantitative estimate of drug-likeness (QED) is 0.780. The van der Waals surface area contributed by atoms with Gasteiger partial charge in [0.2, 0.25) is 0 Å². The van der Waals surface area contributed by atoms with E-state index in [0.717, 1.165) is 23.0 Å². The van der Waals surface area contributed by atoms with Gasteiger partial charge in [-0.25, -0.2) is 9.78 Å². The minimum atomic E-state index is -0.912. The van der Waals surface area contributed by atoms with Crippen LogP contribution in [0.25, 0.3) is 21.5 Å². The predicted octanol–water partition coefficient (Wildman–Crippen LogP) is 4.21. The van der Waals surface area contributed by atoms with E-state index in [1.54, 1.807) is 6.26 Å². The molecule has 0 fully saturated rings. The van der Waals surface area contributed by atoms with Gasteiger partial charge in [0.1, 0.15) is 21.7 Å². The summed E-state index contributed by atoms with van der Waals surface area (Å²) < 4.78 is 5.49. The molecule has 4 nitrogen and oxygen atoms in total. The summed E-state index contributed by atoms with van der Waals surface area (Å²) in [5.41, 5.74) is 2.30. The van der Waals surface area contributed by atoms with Gasteiger partial charge in [-0.3, -0.25) is 0 Å². The maximum Gasteiger partial charge on any atom is 0.347 e. The van der Waals surface area contributed by atoms with Crippen molar-refractivity contribution in [3.63, 3.8) is 0 Å². The van der Waals surface area contributed by atoms with Gasteiger partial charge < -0.3 is 9.52 Å². The first-order valence-corrected chi connectivity index (χ1v) is 7.22. The zero-order chi connectivity index (χ0) is 14.1. The number of aromatic nitrogens is 1. The van der Waals surface area contributed by atoms with Crippen molar-refractivity contribution in [3.05, 3.63) is 41.1 Å². The second-order valence-corrected chi connectivity index (χ2v) is 5.49. The lowest BCUT2D eigenvalue weighted by molar-refractivity contribution is 0.0700. The van der Waals surface area contributed by atoms with Gasteiger partial charge in [-0.2, -0.15) is 0 Å². The van der Waals surface area contributed by atoms with E-state index >= 15 is 0 Å². The number of nitrogens with zero attached hydrogens (tertiary/aromatic N) is 1. The van der Waals surface area contributed by atoms with Crippen molar-refractivity contribution in [2.75, 3.05) is 0 Å². The number of rotatable bonds is 4. The molecule has 102 valence electrons. The zero-order valence-electron chi connectivity index (χ0n) is 10.9. The van der Waals surface area contributed by atoms with Crippen molar-refractivity contribution in [3.8, 4) is 10.6 Å². The fraction of sp³-hybridized carbons (Fsp3) is 0.200. The molecule has 0 saturated heterocycles. The third-order valence-electron chi connectivity index (χ3n) is 3.09. The van der Waals surface area contributed by atoms with Gasteiger partial charge in [-0.1, -0.05) is 31.5 Å². The Bertz CT molecular complexity index is 772. The van der Waals surface area contributed by atoms with Crippen LogP contribution in [0.5, 0.6) is 0 Å². The largest absolute Gasteiger partial charge is 0.477 e. The number of furan rings is 1. The molecule has 0 aliphatic rings. The molecule has 2 aromatic heterocycles. The van der Waals surface area contributed by atoms with E-state index in [4.69, 9.17) is 4.42 Å². The van der Waals surface area contributed by atoms with Crippen molar-refractivity contribution in [2.24, 2.45) is 0 Å². The van der Waals surface area contributed by atoms with Gasteiger partial charge >= 0.3 is 5.97 Å². The van der Waals surface area contributed by atoms with Crippen LogP contribution in [0.3, 0.4) is 0 Å². The second-order valence-electron chi connectivity index (χ2n) is 4.50. The molecule has 0 saturated carbocycles. The number of hydrogen-bond acceptors (Lipinski definition) is 4. The van der Waals surface area contributed by atoms with Crippen LogP contribution in [0.15, 0.2) is 34.9 Å². The minimum Gasteiger partial charge on any atom is -0.477 e. The van der Waals surface area contributed by atoms with Crippen molar-refractivity contribution < 1.29 is 14.3 Å². The summed E-state index contributed by atoms with van der Waals surface area (Å²) in [7, 11) is 0. The Hall–Kier alpha value is -2.14. The summed E-state index contributed by atoms with van der Waals surface area (Å²) in [6.07, 6.45) is 3.19. The maximum absolute atomic E-state index is 11.3. The van der Waals surface area contributed by atoms with Gasteiger partial charge in [0, 0.05) is 5.39 Å². The zero-order valence-corrected chi connectivity index (χ0v) is 11.7. The van der Waals surface area contributed by atoms with E-state index in [1.807, 2.05) is 31.2 Å². The number of hydrogen-bond donors (Lipinski definition) is 1. The molecular weight excluding hydrogens is 274 g/mol. The topological polar surface area (TPSA) is 63.3 Å². The number of carboxylic acid groups (broad SMARTS) is 1. The minimum absolute atomic E-state index is 0.326. The standard InChI is InChI=1S/C15H13NO3S/c1-2-5-11-13(15(17)18)20-14(16-11)10-8-19-12-7-4-3-6-9(10)12/h3-4,6-8H,2,5H2,1H3,(H,17,18). The third kappa shape index (κ3) is 2.10. The summed E-state index contributed by atoms with van der Waals surface area (Å²) in [6, 6.07) is 7.68. The summed E-state index contributed by atoms with van der Waals surface area (Å²) >= 11 is 1.21. The number of carbonyl (C=O) groups is 1. The highest BCUT2D eigenvalue weighted by Gasteiger charge is 2.19. The van der Waals surface area contributed by atoms with Crippen molar-refractivity contribution >= 4 is 28.3 Å². The number of benzene rings is 1. The number of aromatic carboxylic acids is 1. The Balaban J connectivity index is 2.14. The molecule has 2 heterocycles. The van der Waals surface area contributed by atoms with Crippen molar-refractivity contribution in [2.45, 2.75) is 19.8 Å². The van der Waals surface area contributed by atoms with Crippen LogP contribution < -0.4 is 0 Å². The summed E-state index contributed by atoms with van der Waals surface area (Å²) in [4.78, 5) is 16.1. The molecule has 1 N–H and O–H groups in total. The Labute approximate surface area is 119 Å². The number of thiazole rings is 1. The molecule has 5 heteroatoms. The van der Waals surface area contributed by atoms with Gasteiger partial charge in [0.25, 0.3) is 0 Å². The monoisotopic (exact) mass is 287 g/mol. The maximum atomic E-state index is 11.3. The number of aryl methyl sites for hydroxylation is 1. The van der Waals surface area contributed by atoms with E-state index in [9.17, 15) is 9.90 Å². The van der Waals surface area contributed by atoms with E-state index in [0.29, 0.717) is 22.0 Å². The van der Waals surface area contributed by atoms with E-state index < -0.39 is 5.97 Å². The number of fused-ring (bicyclic) bond motifs is 1. The average Bonchev–Trinajstić information content (AvgIpc) is 3.02. The third-order valence-corrected chi connectivity index (χ3v) is 4.21. The van der Waals surface area contributed by atoms with Gasteiger partial charge in [0.05, 0.1) is 11.3 Å². The lowest BCUT2D eigenvalue weighted by Crippen LogP contribution is -1.98. The lowest BCUT2D eigenvalue weighted by Gasteiger charge is -1.93. The van der Waals surface area contributed by atoms with E-state index in [-0.39, 0.29) is 0 Å². The molecule has 20 heavy (non-hydrogen) atoms. The number of para-hydroxylation sites is 1. The van der Waals surface area contributed by atoms with Crippen LogP contribution in [0.4, 0.5) is 0 Å². The first kappa shape index (κ1) is 12.9. The van der Waals surface area contributed by atoms with Crippen LogP contribution in [-0.2, 0) is 6.42 Å². The Kier molecular flexibility index (Phi) is 3.28. The van der Waals surface area contributed by atoms with Crippen LogP contribution in [-0.4, -0.2) is 16.1 Å². The van der Waals surface area contributed by atoms with Gasteiger partial charge in [-0.15, -0.1) is 11.3 Å². The second kappa shape index (κ2) is 5.09. The number of carboxylic acids is 1. The lowest BCUT2D eigenvalue weighted by atomic mass is 10.2. The van der Waals surface area contributed by atoms with Gasteiger partial charge in [0.15, 0.2) is 0 Å². The molecule has 0 aliphatic carbocycles. The Morgan fingerprint density at radius 3 is 2.95 bits per heavy atom. The van der Waals surface area contributed by atoms with Crippen LogP contribution in [0, 0.1) is 0 Å². The van der Waals surface area contributed by atoms with Crippen LogP contribution in [0.2, 0.25) is 0 Å². The molecule has 0 unspecified atom stereocenters. The normalized spacial score (nSPS) is 11.1. The molecule has 0 radical (unpaired) electrons. The van der Waals surface area contributed by atoms with Crippen molar-refractivity contribution in [1.82, 2.24) is 4.98 Å². The summed E-state index contributed by atoms with van der Waals surface area (Å²) in [5.74, 6) is -0.912. The van der Waals surface area contributed by atoms with E-state index in [2.05, 4.69) is 4.98 Å². The molecule has 3 aromatic rings. The fourth-order valence-corrected chi connectivity index (χ4v) is 3.15. The smallest absolute Gasteiger partial charge is 0.347 e. The molecule has 0 aliphatic heterocycles. The Morgan fingerprint density at radius 1 is 1.40 bits per heavy atom. The van der Waals surface area contributed by atoms with Crippen LogP contribution in [0.1, 0.15) is 28.7 Å². The Morgan fingerprint density at radius 2 is 2.20 bits per heavy atom. The van der Waals surface area contributed by atoms with Crippen molar-refractivity contribution in [1.29, 1.82) is 0 Å². The highest BCUT2D eigenvalue weighted by atomic mass is 32.1. The molecule has 1 aromatic carbocycles. The fourth-order valence-electron chi connectivity index (χ4n) is 2.18. The molecule has 3 rings (SSSR count). The molecule has 0 atom stereocenters. The highest BCUT2D eigenvalue weighted by Crippen LogP contribution is 2.35. The SMILES string of the molecule is CCCc1nc(-c2coc3ccccc23)sc1C(=O)O. The molecule has 0 amide bonds. The predicted molar refractivity (Wildman–Crippen MR) is 78.3 cm³/mol. The van der Waals surface area contributed by atoms with Gasteiger partial charge in [-0.05, 0) is 12.5 Å². The average molecular weight is 287 g/mol. The summed E-state index contributed by atoms with van der Waals surface area (Å²) in [6.45, 7) is 2.01. The molecule has 0 spiro atoms. The van der Waals surface area contributed by atoms with Crippen LogP contribution >= 0.6 is 11.3 Å². The summed E-state index contributed by atoms with van der Waals surface area (Å²) in [5, 5.41) is 10.9. The first-order chi connectivity index (χ1) is 9.70.